The maximum absolute atomic E-state index is 9.60. The highest BCUT2D eigenvalue weighted by atomic mass is 16.3. The lowest BCUT2D eigenvalue weighted by molar-refractivity contribution is 0.208. The van der Waals surface area contributed by atoms with Crippen molar-refractivity contribution in [1.29, 1.82) is 0 Å². The molecule has 0 aromatic heterocycles. The van der Waals surface area contributed by atoms with Crippen LogP contribution in [0.15, 0.2) is 12.2 Å². The second-order valence-electron chi connectivity index (χ2n) is 4.72. The molecule has 2 N–H and O–H groups in total. The van der Waals surface area contributed by atoms with Crippen LogP contribution >= 0.6 is 0 Å². The molecule has 0 amide bonds. The van der Waals surface area contributed by atoms with Crippen LogP contribution in [-0.4, -0.2) is 22.4 Å². The molecule has 0 aromatic rings. The second kappa shape index (κ2) is 12.7. The Morgan fingerprint density at radius 1 is 0.944 bits per heavy atom. The highest BCUT2D eigenvalue weighted by molar-refractivity contribution is 5.18. The molecule has 0 rings (SSSR count). The third-order valence-corrected chi connectivity index (χ3v) is 2.84. The molecule has 0 aromatic carbocycles. The molecule has 2 atom stereocenters. The van der Waals surface area contributed by atoms with Crippen LogP contribution in [0.3, 0.4) is 0 Å². The Bertz CT molecular complexity index is 260. The molecule has 0 fully saturated rings. The minimum Gasteiger partial charge on any atom is -0.389 e. The van der Waals surface area contributed by atoms with E-state index in [4.69, 9.17) is 0 Å². The first-order valence-electron chi connectivity index (χ1n) is 7.24. The predicted octanol–water partition coefficient (Wildman–Crippen LogP) is 3.43. The van der Waals surface area contributed by atoms with Crippen LogP contribution in [0.25, 0.3) is 0 Å². The van der Waals surface area contributed by atoms with Crippen molar-refractivity contribution in [3.63, 3.8) is 0 Å². The number of allylic oxidation sites excluding steroid dienone is 1. The maximum Gasteiger partial charge on any atom is 0.115 e. The average molecular weight is 252 g/mol. The lowest BCUT2D eigenvalue weighted by Gasteiger charge is -2.03. The Kier molecular flexibility index (Phi) is 12.1. The summed E-state index contributed by atoms with van der Waals surface area (Å²) in [5.74, 6) is 5.56. The van der Waals surface area contributed by atoms with Gasteiger partial charge in [-0.3, -0.25) is 0 Å². The molecule has 104 valence electrons. The number of rotatable bonds is 9. The van der Waals surface area contributed by atoms with Crippen molar-refractivity contribution < 1.29 is 10.2 Å². The summed E-state index contributed by atoms with van der Waals surface area (Å²) >= 11 is 0. The van der Waals surface area contributed by atoms with Gasteiger partial charge in [-0.2, -0.15) is 0 Å². The summed E-state index contributed by atoms with van der Waals surface area (Å²) < 4.78 is 0. The highest BCUT2D eigenvalue weighted by Crippen LogP contribution is 2.04. The summed E-state index contributed by atoms with van der Waals surface area (Å²) in [4.78, 5) is 0. The van der Waals surface area contributed by atoms with E-state index >= 15 is 0 Å². The topological polar surface area (TPSA) is 40.5 Å². The van der Waals surface area contributed by atoms with Crippen molar-refractivity contribution in [2.75, 3.05) is 0 Å². The molecule has 2 unspecified atom stereocenters. The van der Waals surface area contributed by atoms with Gasteiger partial charge in [0.25, 0.3) is 0 Å². The molecule has 0 saturated heterocycles. The lowest BCUT2D eigenvalue weighted by atomic mass is 10.1. The van der Waals surface area contributed by atoms with Gasteiger partial charge in [0.15, 0.2) is 0 Å². The molecule has 0 aliphatic carbocycles. The van der Waals surface area contributed by atoms with E-state index in [2.05, 4.69) is 25.7 Å². The van der Waals surface area contributed by atoms with E-state index in [0.717, 1.165) is 44.9 Å². The number of aliphatic hydroxyl groups is 2. The zero-order valence-corrected chi connectivity index (χ0v) is 11.9. The SMILES string of the molecule is CCCCCC(O)C#C/C=C/C(O)CCCCC. The fourth-order valence-corrected chi connectivity index (χ4v) is 1.66. The van der Waals surface area contributed by atoms with E-state index in [1.54, 1.807) is 12.2 Å². The van der Waals surface area contributed by atoms with E-state index in [9.17, 15) is 10.2 Å². The smallest absolute Gasteiger partial charge is 0.115 e. The van der Waals surface area contributed by atoms with Crippen molar-refractivity contribution in [3.05, 3.63) is 12.2 Å². The molecular weight excluding hydrogens is 224 g/mol. The van der Waals surface area contributed by atoms with E-state index in [1.165, 1.54) is 6.42 Å². The van der Waals surface area contributed by atoms with E-state index in [0.29, 0.717) is 0 Å². The quantitative estimate of drug-likeness (QED) is 0.487. The molecule has 0 spiro atoms. The zero-order chi connectivity index (χ0) is 13.6. The van der Waals surface area contributed by atoms with Gasteiger partial charge < -0.3 is 10.2 Å². The molecule has 2 heteroatoms. The van der Waals surface area contributed by atoms with Gasteiger partial charge in [0.2, 0.25) is 0 Å². The van der Waals surface area contributed by atoms with Crippen LogP contribution in [0.1, 0.15) is 65.2 Å². The van der Waals surface area contributed by atoms with Crippen LogP contribution in [0.2, 0.25) is 0 Å². The minimum absolute atomic E-state index is 0.400. The summed E-state index contributed by atoms with van der Waals surface area (Å²) in [6.07, 6.45) is 10.7. The van der Waals surface area contributed by atoms with Crippen molar-refractivity contribution in [1.82, 2.24) is 0 Å². The van der Waals surface area contributed by atoms with Gasteiger partial charge in [-0.1, -0.05) is 57.8 Å². The number of unbranched alkanes of at least 4 members (excludes halogenated alkanes) is 4. The number of hydrogen-bond donors (Lipinski definition) is 2. The van der Waals surface area contributed by atoms with Crippen LogP contribution < -0.4 is 0 Å². The summed E-state index contributed by atoms with van der Waals surface area (Å²) in [6, 6.07) is 0. The Hall–Kier alpha value is -0.780. The monoisotopic (exact) mass is 252 g/mol. The Morgan fingerprint density at radius 2 is 1.56 bits per heavy atom. The van der Waals surface area contributed by atoms with Gasteiger partial charge in [0, 0.05) is 0 Å². The standard InChI is InChI=1S/C16H28O2/c1-3-5-7-11-15(17)13-9-10-14-16(18)12-8-6-4-2/h9,13,15-18H,3-8,11-12H2,1-2H3/b13-9+. The molecule has 18 heavy (non-hydrogen) atoms. The van der Waals surface area contributed by atoms with Gasteiger partial charge in [-0.05, 0) is 31.4 Å². The van der Waals surface area contributed by atoms with Gasteiger partial charge in [-0.25, -0.2) is 0 Å². The van der Waals surface area contributed by atoms with Crippen LogP contribution in [0, 0.1) is 11.8 Å². The fraction of sp³-hybridized carbons (Fsp3) is 0.750. The summed E-state index contributed by atoms with van der Waals surface area (Å²) in [6.45, 7) is 4.29. The first-order valence-corrected chi connectivity index (χ1v) is 7.24. The third kappa shape index (κ3) is 11.7. The first-order chi connectivity index (χ1) is 8.70. The molecular formula is C16H28O2. The van der Waals surface area contributed by atoms with Crippen LogP contribution in [0.4, 0.5) is 0 Å². The Labute approximate surface area is 112 Å². The maximum atomic E-state index is 9.60. The largest absolute Gasteiger partial charge is 0.389 e. The molecule has 0 heterocycles. The summed E-state index contributed by atoms with van der Waals surface area (Å²) in [5.41, 5.74) is 0. The average Bonchev–Trinajstić information content (AvgIpc) is 2.35. The molecule has 0 saturated carbocycles. The lowest BCUT2D eigenvalue weighted by Crippen LogP contribution is -2.02. The number of hydrogen-bond acceptors (Lipinski definition) is 2. The highest BCUT2D eigenvalue weighted by Gasteiger charge is 1.98. The summed E-state index contributed by atoms with van der Waals surface area (Å²) in [7, 11) is 0. The van der Waals surface area contributed by atoms with Crippen molar-refractivity contribution >= 4 is 0 Å². The Balaban J connectivity index is 3.71. The molecule has 0 aliphatic rings. The molecule has 0 bridgehead atoms. The third-order valence-electron chi connectivity index (χ3n) is 2.84. The molecule has 2 nitrogen and oxygen atoms in total. The van der Waals surface area contributed by atoms with Crippen LogP contribution in [0.5, 0.6) is 0 Å². The van der Waals surface area contributed by atoms with Crippen LogP contribution in [-0.2, 0) is 0 Å². The predicted molar refractivity (Wildman–Crippen MR) is 77.2 cm³/mol. The van der Waals surface area contributed by atoms with Crippen molar-refractivity contribution in [2.45, 2.75) is 77.4 Å². The van der Waals surface area contributed by atoms with Gasteiger partial charge in [-0.15, -0.1) is 0 Å². The first kappa shape index (κ1) is 17.2. The van der Waals surface area contributed by atoms with Crippen molar-refractivity contribution in [2.24, 2.45) is 0 Å². The number of aliphatic hydroxyl groups excluding tert-OH is 2. The zero-order valence-electron chi connectivity index (χ0n) is 11.9. The van der Waals surface area contributed by atoms with Gasteiger partial charge in [0.05, 0.1) is 6.10 Å². The van der Waals surface area contributed by atoms with Crippen molar-refractivity contribution in [3.8, 4) is 11.8 Å². The fourth-order valence-electron chi connectivity index (χ4n) is 1.66. The van der Waals surface area contributed by atoms with E-state index < -0.39 is 12.2 Å². The Morgan fingerprint density at radius 3 is 2.17 bits per heavy atom. The normalized spacial score (nSPS) is 14.2. The second-order valence-corrected chi connectivity index (χ2v) is 4.72. The molecule has 0 radical (unpaired) electrons. The molecule has 0 aliphatic heterocycles. The van der Waals surface area contributed by atoms with Gasteiger partial charge >= 0.3 is 0 Å². The minimum atomic E-state index is -0.529. The van der Waals surface area contributed by atoms with E-state index in [1.807, 2.05) is 0 Å². The summed E-state index contributed by atoms with van der Waals surface area (Å²) in [5, 5.41) is 19.1. The van der Waals surface area contributed by atoms with Gasteiger partial charge in [0.1, 0.15) is 6.10 Å². The van der Waals surface area contributed by atoms with E-state index in [-0.39, 0.29) is 0 Å².